The Kier molecular flexibility index (Phi) is 5.26. The number of nitrogens with one attached hydrogen (secondary N) is 1. The van der Waals surface area contributed by atoms with Gasteiger partial charge in [0.25, 0.3) is 5.69 Å². The molecule has 6 nitrogen and oxygen atoms in total. The van der Waals surface area contributed by atoms with E-state index in [1.54, 1.807) is 6.07 Å². The SMILES string of the molecule is N#Cc1cc([N+](=O)[O-])ccc1NC[C@H](c1ccccc1)N1CCCC1. The van der Waals surface area contributed by atoms with Crippen LogP contribution in [0.1, 0.15) is 30.0 Å². The predicted octanol–water partition coefficient (Wildman–Crippen LogP) is 3.72. The summed E-state index contributed by atoms with van der Waals surface area (Å²) < 4.78 is 0. The molecule has 0 aliphatic carbocycles. The van der Waals surface area contributed by atoms with E-state index in [4.69, 9.17) is 0 Å². The Morgan fingerprint density at radius 3 is 2.56 bits per heavy atom. The molecule has 0 aromatic heterocycles. The van der Waals surface area contributed by atoms with Gasteiger partial charge in [0.2, 0.25) is 0 Å². The minimum absolute atomic E-state index is 0.0683. The second kappa shape index (κ2) is 7.77. The highest BCUT2D eigenvalue weighted by Crippen LogP contribution is 2.27. The third kappa shape index (κ3) is 3.95. The minimum atomic E-state index is -0.484. The van der Waals surface area contributed by atoms with Crippen molar-refractivity contribution in [2.45, 2.75) is 18.9 Å². The number of anilines is 1. The standard InChI is InChI=1S/C19H20N4O2/c20-13-16-12-17(23(24)25)8-9-18(16)21-14-19(22-10-4-5-11-22)15-6-2-1-3-7-15/h1-3,6-9,12,19,21H,4-5,10-11,14H2/t19-/m1/s1. The van der Waals surface area contributed by atoms with Crippen LogP contribution in [0.4, 0.5) is 11.4 Å². The molecule has 3 rings (SSSR count). The summed E-state index contributed by atoms with van der Waals surface area (Å²) >= 11 is 0. The summed E-state index contributed by atoms with van der Waals surface area (Å²) in [5.41, 5.74) is 2.09. The maximum absolute atomic E-state index is 10.9. The van der Waals surface area contributed by atoms with Crippen molar-refractivity contribution in [3.05, 3.63) is 69.8 Å². The molecule has 128 valence electrons. The third-order valence-electron chi connectivity index (χ3n) is 4.59. The maximum Gasteiger partial charge on any atom is 0.270 e. The van der Waals surface area contributed by atoms with Gasteiger partial charge in [-0.05, 0) is 37.6 Å². The van der Waals surface area contributed by atoms with E-state index in [9.17, 15) is 15.4 Å². The van der Waals surface area contributed by atoms with Gasteiger partial charge < -0.3 is 5.32 Å². The molecule has 0 spiro atoms. The molecule has 2 aromatic rings. The average molecular weight is 336 g/mol. The number of hydrogen-bond donors (Lipinski definition) is 1. The molecule has 1 aliphatic heterocycles. The van der Waals surface area contributed by atoms with Gasteiger partial charge in [0.15, 0.2) is 0 Å². The molecule has 1 heterocycles. The Bertz CT molecular complexity index is 780. The molecule has 1 atom stereocenters. The molecule has 0 radical (unpaired) electrons. The molecule has 25 heavy (non-hydrogen) atoms. The molecule has 2 aromatic carbocycles. The van der Waals surface area contributed by atoms with Crippen molar-refractivity contribution in [3.63, 3.8) is 0 Å². The van der Waals surface area contributed by atoms with Gasteiger partial charge in [0, 0.05) is 18.7 Å². The van der Waals surface area contributed by atoms with Crippen molar-refractivity contribution in [1.82, 2.24) is 4.90 Å². The highest BCUT2D eigenvalue weighted by molar-refractivity contribution is 5.61. The van der Waals surface area contributed by atoms with E-state index in [1.165, 1.54) is 30.5 Å². The first-order valence-electron chi connectivity index (χ1n) is 8.40. The summed E-state index contributed by atoms with van der Waals surface area (Å²) in [4.78, 5) is 12.8. The largest absolute Gasteiger partial charge is 0.382 e. The lowest BCUT2D eigenvalue weighted by Gasteiger charge is -2.28. The van der Waals surface area contributed by atoms with Crippen molar-refractivity contribution in [3.8, 4) is 6.07 Å². The van der Waals surface area contributed by atoms with Crippen molar-refractivity contribution < 1.29 is 4.92 Å². The zero-order valence-electron chi connectivity index (χ0n) is 13.9. The molecule has 0 bridgehead atoms. The molecule has 0 unspecified atom stereocenters. The lowest BCUT2D eigenvalue weighted by atomic mass is 10.0. The third-order valence-corrected chi connectivity index (χ3v) is 4.59. The van der Waals surface area contributed by atoms with Crippen molar-refractivity contribution in [2.75, 3.05) is 25.0 Å². The molecule has 1 N–H and O–H groups in total. The summed E-state index contributed by atoms with van der Waals surface area (Å²) in [6.45, 7) is 2.77. The maximum atomic E-state index is 10.9. The Labute approximate surface area is 146 Å². The van der Waals surface area contributed by atoms with E-state index < -0.39 is 4.92 Å². The van der Waals surface area contributed by atoms with Gasteiger partial charge in [-0.25, -0.2) is 0 Å². The van der Waals surface area contributed by atoms with E-state index in [0.717, 1.165) is 13.1 Å². The Hall–Kier alpha value is -2.91. The van der Waals surface area contributed by atoms with Gasteiger partial charge >= 0.3 is 0 Å². The van der Waals surface area contributed by atoms with Gasteiger partial charge in [0.05, 0.1) is 22.2 Å². The fourth-order valence-corrected chi connectivity index (χ4v) is 3.29. The first-order valence-corrected chi connectivity index (χ1v) is 8.40. The number of non-ortho nitro benzene ring substituents is 1. The minimum Gasteiger partial charge on any atom is -0.382 e. The number of nitriles is 1. The molecule has 1 aliphatic rings. The lowest BCUT2D eigenvalue weighted by Crippen LogP contribution is -2.31. The van der Waals surface area contributed by atoms with E-state index in [-0.39, 0.29) is 11.7 Å². The quantitative estimate of drug-likeness (QED) is 0.642. The second-order valence-corrected chi connectivity index (χ2v) is 6.15. The summed E-state index contributed by atoms with van der Waals surface area (Å²) in [5.74, 6) is 0. The Balaban J connectivity index is 1.79. The van der Waals surface area contributed by atoms with Crippen LogP contribution >= 0.6 is 0 Å². The lowest BCUT2D eigenvalue weighted by molar-refractivity contribution is -0.384. The zero-order valence-corrected chi connectivity index (χ0v) is 13.9. The monoisotopic (exact) mass is 336 g/mol. The molecule has 0 amide bonds. The van der Waals surface area contributed by atoms with Crippen LogP contribution < -0.4 is 5.32 Å². The van der Waals surface area contributed by atoms with Gasteiger partial charge in [0.1, 0.15) is 6.07 Å². The molecular formula is C19H20N4O2. The van der Waals surface area contributed by atoms with Gasteiger partial charge in [-0.3, -0.25) is 15.0 Å². The highest BCUT2D eigenvalue weighted by atomic mass is 16.6. The van der Waals surface area contributed by atoms with Crippen LogP contribution in [0.3, 0.4) is 0 Å². The predicted molar refractivity (Wildman–Crippen MR) is 96.3 cm³/mol. The summed E-state index contributed by atoms with van der Waals surface area (Å²) in [6.07, 6.45) is 2.40. The van der Waals surface area contributed by atoms with Crippen LogP contribution in [0.15, 0.2) is 48.5 Å². The van der Waals surface area contributed by atoms with E-state index >= 15 is 0 Å². The zero-order chi connectivity index (χ0) is 17.6. The Morgan fingerprint density at radius 1 is 1.20 bits per heavy atom. The average Bonchev–Trinajstić information content (AvgIpc) is 3.17. The first-order chi connectivity index (χ1) is 12.2. The summed E-state index contributed by atoms with van der Waals surface area (Å²) in [6, 6.07) is 16.9. The normalized spacial score (nSPS) is 15.5. The highest BCUT2D eigenvalue weighted by Gasteiger charge is 2.23. The van der Waals surface area contributed by atoms with Crippen LogP contribution in [-0.4, -0.2) is 29.5 Å². The molecule has 6 heteroatoms. The number of nitrogens with zero attached hydrogens (tertiary/aromatic N) is 3. The number of benzene rings is 2. The van der Waals surface area contributed by atoms with E-state index in [0.29, 0.717) is 17.8 Å². The number of hydrogen-bond acceptors (Lipinski definition) is 5. The summed E-state index contributed by atoms with van der Waals surface area (Å²) in [5, 5.41) is 23.5. The van der Waals surface area contributed by atoms with Gasteiger partial charge in [-0.15, -0.1) is 0 Å². The number of rotatable bonds is 6. The van der Waals surface area contributed by atoms with Gasteiger partial charge in [-0.2, -0.15) is 5.26 Å². The van der Waals surface area contributed by atoms with E-state index in [2.05, 4.69) is 22.3 Å². The van der Waals surface area contributed by atoms with Crippen molar-refractivity contribution in [2.24, 2.45) is 0 Å². The van der Waals surface area contributed by atoms with Gasteiger partial charge in [-0.1, -0.05) is 30.3 Å². The number of nitro benzene ring substituents is 1. The second-order valence-electron chi connectivity index (χ2n) is 6.15. The van der Waals surface area contributed by atoms with Crippen LogP contribution in [0.5, 0.6) is 0 Å². The topological polar surface area (TPSA) is 82.2 Å². The number of nitro groups is 1. The number of likely N-dealkylation sites (tertiary alicyclic amines) is 1. The van der Waals surface area contributed by atoms with Crippen LogP contribution in [0.25, 0.3) is 0 Å². The smallest absolute Gasteiger partial charge is 0.270 e. The van der Waals surface area contributed by atoms with Crippen molar-refractivity contribution >= 4 is 11.4 Å². The fourth-order valence-electron chi connectivity index (χ4n) is 3.29. The van der Waals surface area contributed by atoms with Crippen LogP contribution in [0, 0.1) is 21.4 Å². The van der Waals surface area contributed by atoms with Crippen molar-refractivity contribution in [1.29, 1.82) is 5.26 Å². The molecule has 1 fully saturated rings. The fraction of sp³-hybridized carbons (Fsp3) is 0.316. The van der Waals surface area contributed by atoms with Crippen LogP contribution in [0.2, 0.25) is 0 Å². The molecule has 1 saturated heterocycles. The molecular weight excluding hydrogens is 316 g/mol. The first kappa shape index (κ1) is 16.9. The molecule has 0 saturated carbocycles. The summed E-state index contributed by atoms with van der Waals surface area (Å²) in [7, 11) is 0. The Morgan fingerprint density at radius 2 is 1.92 bits per heavy atom. The van der Waals surface area contributed by atoms with E-state index in [1.807, 2.05) is 24.3 Å². The van der Waals surface area contributed by atoms with Crippen LogP contribution in [-0.2, 0) is 0 Å².